The standard InChI is InChI=1S/C6H5NO2.C4H12N2S2/c8-7(9)6-4-2-1-3-5-6;5-1-3-7-8-4-2-6/h1-5H;1-6H2. The maximum absolute atomic E-state index is 10.0. The summed E-state index contributed by atoms with van der Waals surface area (Å²) in [7, 11) is 3.58. The van der Waals surface area contributed by atoms with Crippen LogP contribution in [0.3, 0.4) is 0 Å². The Morgan fingerprint density at radius 2 is 1.53 bits per heavy atom. The van der Waals surface area contributed by atoms with Gasteiger partial charge in [0, 0.05) is 36.7 Å². The van der Waals surface area contributed by atoms with E-state index in [2.05, 4.69) is 0 Å². The molecule has 0 saturated heterocycles. The first-order chi connectivity index (χ1) is 8.22. The lowest BCUT2D eigenvalue weighted by atomic mass is 10.3. The van der Waals surface area contributed by atoms with Crippen LogP contribution in [0.1, 0.15) is 0 Å². The molecule has 4 N–H and O–H groups in total. The van der Waals surface area contributed by atoms with Crippen LogP contribution in [0.25, 0.3) is 0 Å². The Labute approximate surface area is 109 Å². The summed E-state index contributed by atoms with van der Waals surface area (Å²) in [6, 6.07) is 7.93. The fourth-order valence-corrected chi connectivity index (χ4v) is 2.48. The van der Waals surface area contributed by atoms with Gasteiger partial charge in [-0.3, -0.25) is 10.1 Å². The van der Waals surface area contributed by atoms with Crippen LogP contribution < -0.4 is 11.5 Å². The van der Waals surface area contributed by atoms with Crippen LogP contribution in [0.15, 0.2) is 30.3 Å². The molecule has 1 rings (SSSR count). The van der Waals surface area contributed by atoms with Crippen molar-refractivity contribution in [3.63, 3.8) is 0 Å². The molecule has 0 aliphatic carbocycles. The number of nitro groups is 1. The van der Waals surface area contributed by atoms with Crippen LogP contribution in [0.2, 0.25) is 0 Å². The highest BCUT2D eigenvalue weighted by Crippen LogP contribution is 2.18. The third kappa shape index (κ3) is 10.1. The molecule has 0 spiro atoms. The van der Waals surface area contributed by atoms with E-state index in [0.29, 0.717) is 0 Å². The van der Waals surface area contributed by atoms with Crippen LogP contribution in [0.4, 0.5) is 5.69 Å². The second-order valence-corrected chi connectivity index (χ2v) is 5.52. The molecule has 0 amide bonds. The van der Waals surface area contributed by atoms with E-state index in [9.17, 15) is 10.1 Å². The third-order valence-corrected chi connectivity index (χ3v) is 3.92. The smallest absolute Gasteiger partial charge is 0.269 e. The fourth-order valence-electron chi connectivity index (χ4n) is 0.764. The second-order valence-electron chi connectivity index (χ2n) is 2.81. The van der Waals surface area contributed by atoms with Gasteiger partial charge in [0.1, 0.15) is 0 Å². The molecule has 0 aromatic heterocycles. The first-order valence-corrected chi connectivity index (χ1v) is 7.55. The molecule has 1 aromatic rings. The Morgan fingerprint density at radius 1 is 1.06 bits per heavy atom. The van der Waals surface area contributed by atoms with Crippen LogP contribution in [-0.4, -0.2) is 29.5 Å². The van der Waals surface area contributed by atoms with Crippen molar-refractivity contribution in [2.24, 2.45) is 11.5 Å². The van der Waals surface area contributed by atoms with E-state index >= 15 is 0 Å². The lowest BCUT2D eigenvalue weighted by molar-refractivity contribution is -0.384. The number of nitro benzene ring substituents is 1. The molecule has 0 heterocycles. The lowest BCUT2D eigenvalue weighted by Crippen LogP contribution is -2.02. The first-order valence-electron chi connectivity index (χ1n) is 5.06. The molecule has 0 saturated carbocycles. The molecule has 0 fully saturated rings. The number of hydrogen-bond donors (Lipinski definition) is 2. The van der Waals surface area contributed by atoms with Gasteiger partial charge in [-0.25, -0.2) is 0 Å². The van der Waals surface area contributed by atoms with Crippen molar-refractivity contribution in [1.82, 2.24) is 0 Å². The fraction of sp³-hybridized carbons (Fsp3) is 0.400. The summed E-state index contributed by atoms with van der Waals surface area (Å²) in [5, 5.41) is 10.0. The molecule has 0 radical (unpaired) electrons. The normalized spacial score (nSPS) is 9.29. The van der Waals surface area contributed by atoms with Gasteiger partial charge in [0.25, 0.3) is 5.69 Å². The minimum absolute atomic E-state index is 0.137. The highest BCUT2D eigenvalue weighted by atomic mass is 33.1. The number of nitrogens with two attached hydrogens (primary N) is 2. The van der Waals surface area contributed by atoms with Crippen molar-refractivity contribution >= 4 is 27.3 Å². The van der Waals surface area contributed by atoms with Crippen molar-refractivity contribution in [3.05, 3.63) is 40.4 Å². The minimum atomic E-state index is -0.417. The molecule has 0 atom stereocenters. The number of benzene rings is 1. The average Bonchev–Trinajstić information content (AvgIpc) is 2.37. The van der Waals surface area contributed by atoms with E-state index in [-0.39, 0.29) is 5.69 Å². The van der Waals surface area contributed by atoms with E-state index in [0.717, 1.165) is 24.6 Å². The van der Waals surface area contributed by atoms with Crippen LogP contribution in [0.5, 0.6) is 0 Å². The van der Waals surface area contributed by atoms with Gasteiger partial charge in [-0.1, -0.05) is 39.8 Å². The predicted octanol–water partition coefficient (Wildman–Crippen LogP) is 1.88. The summed E-state index contributed by atoms with van der Waals surface area (Å²) in [5.41, 5.74) is 10.6. The molecule has 0 unspecified atom stereocenters. The zero-order valence-electron chi connectivity index (χ0n) is 9.45. The van der Waals surface area contributed by atoms with Crippen LogP contribution in [0, 0.1) is 10.1 Å². The summed E-state index contributed by atoms with van der Waals surface area (Å²) in [4.78, 5) is 9.59. The van der Waals surface area contributed by atoms with Gasteiger partial charge in [0.15, 0.2) is 0 Å². The Balaban J connectivity index is 0.000000304. The molecule has 17 heavy (non-hydrogen) atoms. The van der Waals surface area contributed by atoms with Crippen LogP contribution >= 0.6 is 21.6 Å². The largest absolute Gasteiger partial charge is 0.330 e. The zero-order chi connectivity index (χ0) is 12.9. The SMILES string of the molecule is NCCSSCCN.O=[N+]([O-])c1ccccc1. The molecule has 5 nitrogen and oxygen atoms in total. The summed E-state index contributed by atoms with van der Waals surface area (Å²) in [6.07, 6.45) is 0. The monoisotopic (exact) mass is 275 g/mol. The van der Waals surface area contributed by atoms with Gasteiger partial charge in [-0.15, -0.1) is 0 Å². The molecule has 1 aromatic carbocycles. The molecule has 0 bridgehead atoms. The maximum Gasteiger partial charge on any atom is 0.269 e. The van der Waals surface area contributed by atoms with Gasteiger partial charge < -0.3 is 11.5 Å². The van der Waals surface area contributed by atoms with Crippen molar-refractivity contribution < 1.29 is 4.92 Å². The molecular formula is C10H17N3O2S2. The zero-order valence-corrected chi connectivity index (χ0v) is 11.1. The Hall–Kier alpha value is -0.760. The van der Waals surface area contributed by atoms with Crippen molar-refractivity contribution in [3.8, 4) is 0 Å². The topological polar surface area (TPSA) is 95.2 Å². The minimum Gasteiger partial charge on any atom is -0.330 e. The van der Waals surface area contributed by atoms with E-state index in [1.807, 2.05) is 0 Å². The number of nitrogens with zero attached hydrogens (tertiary/aromatic N) is 1. The molecule has 0 aliphatic rings. The van der Waals surface area contributed by atoms with E-state index < -0.39 is 4.92 Å². The summed E-state index contributed by atoms with van der Waals surface area (Å²) >= 11 is 0. The van der Waals surface area contributed by atoms with Gasteiger partial charge in [-0.2, -0.15) is 0 Å². The van der Waals surface area contributed by atoms with Gasteiger partial charge in [0.2, 0.25) is 0 Å². The first kappa shape index (κ1) is 16.2. The summed E-state index contributed by atoms with van der Waals surface area (Å²) in [5.74, 6) is 2.06. The van der Waals surface area contributed by atoms with Crippen LogP contribution in [-0.2, 0) is 0 Å². The highest BCUT2D eigenvalue weighted by molar-refractivity contribution is 8.76. The quantitative estimate of drug-likeness (QED) is 0.356. The third-order valence-electron chi connectivity index (χ3n) is 1.45. The maximum atomic E-state index is 10.0. The van der Waals surface area contributed by atoms with E-state index in [1.165, 1.54) is 12.1 Å². The molecule has 7 heteroatoms. The Morgan fingerprint density at radius 3 is 1.82 bits per heavy atom. The van der Waals surface area contributed by atoms with E-state index in [4.69, 9.17) is 11.5 Å². The molecule has 0 aliphatic heterocycles. The molecular weight excluding hydrogens is 258 g/mol. The number of non-ortho nitro benzene ring substituents is 1. The summed E-state index contributed by atoms with van der Waals surface area (Å²) < 4.78 is 0. The molecule has 96 valence electrons. The van der Waals surface area contributed by atoms with Crippen molar-refractivity contribution in [2.75, 3.05) is 24.6 Å². The average molecular weight is 275 g/mol. The van der Waals surface area contributed by atoms with Crippen molar-refractivity contribution in [1.29, 1.82) is 0 Å². The van der Waals surface area contributed by atoms with Gasteiger partial charge >= 0.3 is 0 Å². The number of rotatable bonds is 6. The number of hydrogen-bond acceptors (Lipinski definition) is 6. The van der Waals surface area contributed by atoms with Gasteiger partial charge in [-0.05, 0) is 0 Å². The lowest BCUT2D eigenvalue weighted by Gasteiger charge is -1.93. The predicted molar refractivity (Wildman–Crippen MR) is 76.1 cm³/mol. The highest BCUT2D eigenvalue weighted by Gasteiger charge is 1.98. The van der Waals surface area contributed by atoms with Crippen molar-refractivity contribution in [2.45, 2.75) is 0 Å². The number of para-hydroxylation sites is 1. The van der Waals surface area contributed by atoms with Gasteiger partial charge in [0.05, 0.1) is 4.92 Å². The Bertz CT molecular complexity index is 293. The Kier molecular flexibility index (Phi) is 11.2. The van der Waals surface area contributed by atoms with E-state index in [1.54, 1.807) is 39.8 Å². The second kappa shape index (κ2) is 11.7. The summed E-state index contributed by atoms with van der Waals surface area (Å²) in [6.45, 7) is 1.53.